The van der Waals surface area contributed by atoms with Crippen LogP contribution in [0.15, 0.2) is 49.2 Å². The predicted octanol–water partition coefficient (Wildman–Crippen LogP) is 5.23. The molecule has 0 unspecified atom stereocenters. The van der Waals surface area contributed by atoms with Crippen molar-refractivity contribution in [3.05, 3.63) is 77.4 Å². The molecule has 142 valence electrons. The first-order chi connectivity index (χ1) is 13.0. The van der Waals surface area contributed by atoms with Crippen molar-refractivity contribution in [1.29, 1.82) is 0 Å². The normalized spacial score (nSPS) is 10.9. The first-order valence-electron chi connectivity index (χ1n) is 9.16. The van der Waals surface area contributed by atoms with E-state index in [1.54, 1.807) is 6.08 Å². The van der Waals surface area contributed by atoms with Crippen LogP contribution in [0.1, 0.15) is 52.8 Å². The smallest absolute Gasteiger partial charge is 0.337 e. The van der Waals surface area contributed by atoms with E-state index in [-0.39, 0.29) is 5.97 Å². The molecule has 2 rings (SSSR count). The molecule has 0 aliphatic carbocycles. The van der Waals surface area contributed by atoms with Crippen LogP contribution in [0.3, 0.4) is 0 Å². The number of hydrogen-bond donors (Lipinski definition) is 0. The number of methoxy groups -OCH3 is 1. The third-order valence-corrected chi connectivity index (χ3v) is 4.55. The van der Waals surface area contributed by atoms with Crippen LogP contribution in [0, 0.1) is 6.92 Å². The zero-order valence-electron chi connectivity index (χ0n) is 16.5. The number of carbonyl (C=O) groups is 1. The average molecular weight is 364 g/mol. The summed E-state index contributed by atoms with van der Waals surface area (Å²) in [6.07, 6.45) is 11.3. The van der Waals surface area contributed by atoms with Gasteiger partial charge in [-0.2, -0.15) is 0 Å². The summed E-state index contributed by atoms with van der Waals surface area (Å²) in [4.78, 5) is 16.0. The van der Waals surface area contributed by atoms with E-state index in [0.29, 0.717) is 5.56 Å². The number of hydrogen-bond acceptors (Lipinski definition) is 3. The molecule has 0 N–H and O–H groups in total. The summed E-state index contributed by atoms with van der Waals surface area (Å²) in [6, 6.07) is 5.74. The third kappa shape index (κ3) is 5.30. The van der Waals surface area contributed by atoms with Crippen molar-refractivity contribution in [2.75, 3.05) is 7.11 Å². The van der Waals surface area contributed by atoms with Crippen molar-refractivity contribution in [3.8, 4) is 0 Å². The maximum atomic E-state index is 11.6. The Morgan fingerprint density at radius 2 is 2.15 bits per heavy atom. The largest absolute Gasteiger partial charge is 0.465 e. The number of ether oxygens (including phenoxy) is 1. The van der Waals surface area contributed by atoms with Gasteiger partial charge in [0.2, 0.25) is 0 Å². The van der Waals surface area contributed by atoms with E-state index < -0.39 is 0 Å². The lowest BCUT2D eigenvalue weighted by Gasteiger charge is -2.10. The summed E-state index contributed by atoms with van der Waals surface area (Å²) in [5.41, 5.74) is 5.26. The van der Waals surface area contributed by atoms with Gasteiger partial charge in [0.1, 0.15) is 5.82 Å². The van der Waals surface area contributed by atoms with E-state index >= 15 is 0 Å². The maximum Gasteiger partial charge on any atom is 0.337 e. The molecule has 0 aliphatic heterocycles. The van der Waals surface area contributed by atoms with E-state index in [0.717, 1.165) is 42.8 Å². The fourth-order valence-corrected chi connectivity index (χ4v) is 3.11. The molecular weight excluding hydrogens is 336 g/mol. The van der Waals surface area contributed by atoms with Crippen molar-refractivity contribution >= 4 is 18.2 Å². The molecule has 4 nitrogen and oxygen atoms in total. The number of rotatable bonds is 9. The number of aryl methyl sites for hydroxylation is 2. The third-order valence-electron chi connectivity index (χ3n) is 4.55. The lowest BCUT2D eigenvalue weighted by atomic mass is 9.98. The molecule has 1 heterocycles. The summed E-state index contributed by atoms with van der Waals surface area (Å²) < 4.78 is 6.82. The predicted molar refractivity (Wildman–Crippen MR) is 112 cm³/mol. The summed E-state index contributed by atoms with van der Waals surface area (Å²) in [5.74, 6) is 0.548. The van der Waals surface area contributed by atoms with Gasteiger partial charge in [-0.15, -0.1) is 0 Å². The van der Waals surface area contributed by atoms with Gasteiger partial charge in [0.25, 0.3) is 0 Å². The molecule has 4 heteroatoms. The zero-order chi connectivity index (χ0) is 19.8. The minimum atomic E-state index is -0.297. The summed E-state index contributed by atoms with van der Waals surface area (Å²) in [5, 5.41) is 0. The molecule has 0 amide bonds. The maximum absolute atomic E-state index is 11.6. The van der Waals surface area contributed by atoms with Crippen LogP contribution in [-0.4, -0.2) is 22.6 Å². The number of aromatic nitrogens is 2. The van der Waals surface area contributed by atoms with E-state index in [4.69, 9.17) is 4.74 Å². The number of imidazole rings is 1. The number of nitrogens with zero attached hydrogens (tertiary/aromatic N) is 2. The van der Waals surface area contributed by atoms with Crippen molar-refractivity contribution < 1.29 is 9.53 Å². The summed E-state index contributed by atoms with van der Waals surface area (Å²) in [7, 11) is 1.40. The Morgan fingerprint density at radius 1 is 1.37 bits per heavy atom. The molecule has 0 radical (unpaired) electrons. The monoisotopic (exact) mass is 364 g/mol. The second-order valence-electron chi connectivity index (χ2n) is 6.58. The van der Waals surface area contributed by atoms with Gasteiger partial charge in [-0.3, -0.25) is 0 Å². The molecule has 1 aromatic carbocycles. The Bertz CT molecular complexity index is 859. The van der Waals surface area contributed by atoms with E-state index in [2.05, 4.69) is 18.1 Å². The average Bonchev–Trinajstić information content (AvgIpc) is 3.04. The molecule has 0 spiro atoms. The van der Waals surface area contributed by atoms with Gasteiger partial charge in [0, 0.05) is 24.5 Å². The highest BCUT2D eigenvalue weighted by molar-refractivity contribution is 5.89. The van der Waals surface area contributed by atoms with Crippen LogP contribution in [0.25, 0.3) is 12.3 Å². The molecule has 0 fully saturated rings. The van der Waals surface area contributed by atoms with Gasteiger partial charge >= 0.3 is 5.97 Å². The van der Waals surface area contributed by atoms with Crippen molar-refractivity contribution in [2.45, 2.75) is 39.5 Å². The summed E-state index contributed by atoms with van der Waals surface area (Å²) in [6.45, 7) is 12.1. The number of esters is 1. The van der Waals surface area contributed by atoms with Crippen LogP contribution in [-0.2, 0) is 17.6 Å². The Morgan fingerprint density at radius 3 is 2.78 bits per heavy atom. The Balaban J connectivity index is 1.92. The first-order valence-corrected chi connectivity index (χ1v) is 9.16. The van der Waals surface area contributed by atoms with Gasteiger partial charge in [0.05, 0.1) is 12.7 Å². The topological polar surface area (TPSA) is 44.1 Å². The highest BCUT2D eigenvalue weighted by Crippen LogP contribution is 2.18. The lowest BCUT2D eigenvalue weighted by molar-refractivity contribution is 0.0600. The molecule has 0 atom stereocenters. The van der Waals surface area contributed by atoms with Gasteiger partial charge in [0.15, 0.2) is 0 Å². The van der Waals surface area contributed by atoms with Crippen molar-refractivity contribution in [1.82, 2.24) is 9.55 Å². The second kappa shape index (κ2) is 9.72. The van der Waals surface area contributed by atoms with Crippen molar-refractivity contribution in [2.24, 2.45) is 0 Å². The van der Waals surface area contributed by atoms with Crippen LogP contribution in [0.4, 0.5) is 0 Å². The fraction of sp³-hybridized carbons (Fsp3) is 0.304. The van der Waals surface area contributed by atoms with Crippen LogP contribution in [0.5, 0.6) is 0 Å². The van der Waals surface area contributed by atoms with Crippen LogP contribution in [0.2, 0.25) is 0 Å². The zero-order valence-corrected chi connectivity index (χ0v) is 16.5. The second-order valence-corrected chi connectivity index (χ2v) is 6.58. The Labute approximate surface area is 161 Å². The number of carbonyl (C=O) groups excluding carboxylic acids is 1. The molecule has 1 aromatic heterocycles. The van der Waals surface area contributed by atoms with E-state index in [9.17, 15) is 4.79 Å². The van der Waals surface area contributed by atoms with Gasteiger partial charge in [-0.25, -0.2) is 9.78 Å². The van der Waals surface area contributed by atoms with Crippen LogP contribution < -0.4 is 0 Å². The molecule has 0 saturated carbocycles. The van der Waals surface area contributed by atoms with Crippen LogP contribution >= 0.6 is 0 Å². The molecule has 0 bridgehead atoms. The minimum absolute atomic E-state index is 0.297. The summed E-state index contributed by atoms with van der Waals surface area (Å²) >= 11 is 0. The quantitative estimate of drug-likeness (QED) is 0.452. The standard InChI is InChI=1S/C23H28N2O2/c1-6-13-25-21(16-24-22(25)7-2)14-17(3)9-8-10-19-11-12-20(15-18(19)4)23(26)27-5/h6-7,11-13,15-16H,2-3,8-10,14H2,1,4-5H3/b13-6-. The van der Waals surface area contributed by atoms with Gasteiger partial charge in [-0.05, 0) is 62.4 Å². The Hall–Kier alpha value is -2.88. The fourth-order valence-electron chi connectivity index (χ4n) is 3.11. The van der Waals surface area contributed by atoms with Crippen molar-refractivity contribution in [3.63, 3.8) is 0 Å². The molecule has 27 heavy (non-hydrogen) atoms. The van der Waals surface area contributed by atoms with Gasteiger partial charge < -0.3 is 9.30 Å². The first kappa shape index (κ1) is 20.4. The van der Waals surface area contributed by atoms with E-state index in [1.807, 2.05) is 55.1 Å². The lowest BCUT2D eigenvalue weighted by Crippen LogP contribution is -2.03. The van der Waals surface area contributed by atoms with E-state index in [1.165, 1.54) is 18.2 Å². The number of benzene rings is 1. The molecule has 0 aliphatic rings. The highest BCUT2D eigenvalue weighted by Gasteiger charge is 2.09. The molecule has 0 saturated heterocycles. The Kier molecular flexibility index (Phi) is 7.35. The SMILES string of the molecule is C=Cc1ncc(CC(=C)CCCc2ccc(C(=O)OC)cc2C)n1/C=C\C. The molecular formula is C23H28N2O2. The van der Waals surface area contributed by atoms with Gasteiger partial charge in [-0.1, -0.05) is 30.9 Å². The molecule has 2 aromatic rings. The highest BCUT2D eigenvalue weighted by atomic mass is 16.5. The minimum Gasteiger partial charge on any atom is -0.465 e. The number of allylic oxidation sites excluding steroid dienone is 2.